The molecular weight excluding hydrogens is 689 g/mol. The summed E-state index contributed by atoms with van der Waals surface area (Å²) in [6.45, 7) is 7.94. The summed E-state index contributed by atoms with van der Waals surface area (Å²) < 4.78 is 93.9. The van der Waals surface area contributed by atoms with E-state index in [9.17, 15) is 26.3 Å². The van der Waals surface area contributed by atoms with Gasteiger partial charge in [0.1, 0.15) is 0 Å². The highest BCUT2D eigenvalue weighted by Crippen LogP contribution is 2.39. The van der Waals surface area contributed by atoms with Gasteiger partial charge in [0, 0.05) is 35.9 Å². The summed E-state index contributed by atoms with van der Waals surface area (Å²) in [5.74, 6) is 0. The Labute approximate surface area is 303 Å². The minimum atomic E-state index is -4.54. The highest BCUT2D eigenvalue weighted by molar-refractivity contribution is 6.62. The zero-order chi connectivity index (χ0) is 37.8. The third-order valence-corrected chi connectivity index (χ3v) is 9.87. The van der Waals surface area contributed by atoms with Gasteiger partial charge >= 0.3 is 19.5 Å². The fourth-order valence-electron chi connectivity index (χ4n) is 6.23. The molecule has 1 saturated heterocycles. The third kappa shape index (κ3) is 7.49. The van der Waals surface area contributed by atoms with Crippen LogP contribution in [0, 0.1) is 0 Å². The second kappa shape index (κ2) is 13.3. The molecule has 268 valence electrons. The van der Waals surface area contributed by atoms with E-state index in [0.29, 0.717) is 22.3 Å². The van der Waals surface area contributed by atoms with Gasteiger partial charge in [-0.15, -0.1) is 0 Å². The molecule has 4 aromatic carbocycles. The van der Waals surface area contributed by atoms with E-state index in [-0.39, 0.29) is 0 Å². The van der Waals surface area contributed by atoms with E-state index in [2.05, 4.69) is 9.97 Å². The summed E-state index contributed by atoms with van der Waals surface area (Å²) >= 11 is 0. The molecule has 1 fully saturated rings. The van der Waals surface area contributed by atoms with Gasteiger partial charge in [-0.25, -0.2) is 0 Å². The van der Waals surface area contributed by atoms with Crippen molar-refractivity contribution in [2.45, 2.75) is 51.2 Å². The number of hydrogen-bond donors (Lipinski definition) is 0. The van der Waals surface area contributed by atoms with Crippen molar-refractivity contribution in [3.8, 4) is 55.6 Å². The van der Waals surface area contributed by atoms with E-state index < -0.39 is 41.8 Å². The normalized spacial score (nSPS) is 15.5. The number of alkyl halides is 6. The lowest BCUT2D eigenvalue weighted by Gasteiger charge is -2.32. The van der Waals surface area contributed by atoms with Crippen LogP contribution in [0.3, 0.4) is 0 Å². The van der Waals surface area contributed by atoms with E-state index in [0.717, 1.165) is 63.4 Å². The molecule has 0 amide bonds. The molecule has 0 spiro atoms. The first kappa shape index (κ1) is 36.1. The zero-order valence-electron chi connectivity index (χ0n) is 29.2. The fraction of sp³-hybridized carbons (Fsp3) is 0.190. The molecule has 11 heteroatoms. The van der Waals surface area contributed by atoms with E-state index in [1.807, 2.05) is 94.4 Å². The van der Waals surface area contributed by atoms with Crippen LogP contribution < -0.4 is 5.46 Å². The average Bonchev–Trinajstić information content (AvgIpc) is 3.36. The molecule has 0 aliphatic carbocycles. The van der Waals surface area contributed by atoms with Crippen molar-refractivity contribution in [2.24, 2.45) is 0 Å². The van der Waals surface area contributed by atoms with Crippen molar-refractivity contribution in [3.05, 3.63) is 139 Å². The van der Waals surface area contributed by atoms with Crippen LogP contribution in [0.5, 0.6) is 0 Å². The van der Waals surface area contributed by atoms with Crippen LogP contribution in [0.2, 0.25) is 0 Å². The minimum Gasteiger partial charge on any atom is -0.399 e. The number of nitrogens with zero attached hydrogens (tertiary/aromatic N) is 2. The molecular formula is C42H33BF6N2O2. The summed E-state index contributed by atoms with van der Waals surface area (Å²) in [6.07, 6.45) is -4.71. The Morgan fingerprint density at radius 3 is 1.17 bits per heavy atom. The molecule has 7 rings (SSSR count). The van der Waals surface area contributed by atoms with Gasteiger partial charge in [-0.05, 0) is 120 Å². The molecule has 3 heterocycles. The molecule has 0 bridgehead atoms. The Hall–Kier alpha value is -5.26. The van der Waals surface area contributed by atoms with Crippen LogP contribution in [0.1, 0.15) is 38.8 Å². The Morgan fingerprint density at radius 2 is 0.774 bits per heavy atom. The molecule has 2 aromatic heterocycles. The Bertz CT molecular complexity index is 2180. The summed E-state index contributed by atoms with van der Waals surface area (Å²) in [7, 11) is -0.599. The molecule has 1 aliphatic heterocycles. The molecule has 53 heavy (non-hydrogen) atoms. The molecule has 0 radical (unpaired) electrons. The van der Waals surface area contributed by atoms with Crippen LogP contribution in [0.4, 0.5) is 26.3 Å². The summed E-state index contributed by atoms with van der Waals surface area (Å²) in [4.78, 5) is 7.68. The van der Waals surface area contributed by atoms with Crippen molar-refractivity contribution < 1.29 is 35.7 Å². The highest BCUT2D eigenvalue weighted by Gasteiger charge is 2.51. The lowest BCUT2D eigenvalue weighted by Crippen LogP contribution is -2.41. The first-order valence-corrected chi connectivity index (χ1v) is 16.8. The van der Waals surface area contributed by atoms with Crippen molar-refractivity contribution in [3.63, 3.8) is 0 Å². The largest absolute Gasteiger partial charge is 0.494 e. The van der Waals surface area contributed by atoms with Crippen molar-refractivity contribution in [1.82, 2.24) is 9.97 Å². The lowest BCUT2D eigenvalue weighted by atomic mass is 9.77. The van der Waals surface area contributed by atoms with Gasteiger partial charge < -0.3 is 9.31 Å². The number of aromatic nitrogens is 2. The summed E-state index contributed by atoms with van der Waals surface area (Å²) in [5.41, 5.74) is 4.49. The van der Waals surface area contributed by atoms with E-state index in [1.54, 1.807) is 24.3 Å². The second-order valence-corrected chi connectivity index (χ2v) is 14.1. The van der Waals surface area contributed by atoms with E-state index in [1.165, 1.54) is 12.4 Å². The number of hydrogen-bond acceptors (Lipinski definition) is 4. The lowest BCUT2D eigenvalue weighted by molar-refractivity contribution is -0.138. The Kier molecular flexibility index (Phi) is 9.07. The van der Waals surface area contributed by atoms with Gasteiger partial charge in [0.25, 0.3) is 0 Å². The Balaban J connectivity index is 1.35. The van der Waals surface area contributed by atoms with Gasteiger partial charge in [0.05, 0.1) is 22.3 Å². The third-order valence-electron chi connectivity index (χ3n) is 9.87. The maximum atomic E-state index is 13.5. The van der Waals surface area contributed by atoms with Crippen LogP contribution in [-0.2, 0) is 21.7 Å². The van der Waals surface area contributed by atoms with E-state index in [4.69, 9.17) is 9.31 Å². The Morgan fingerprint density at radius 1 is 0.434 bits per heavy atom. The smallest absolute Gasteiger partial charge is 0.399 e. The summed E-state index contributed by atoms with van der Waals surface area (Å²) in [5, 5.41) is 0. The van der Waals surface area contributed by atoms with Crippen molar-refractivity contribution in [1.29, 1.82) is 0 Å². The number of halogens is 6. The molecule has 1 aliphatic rings. The topological polar surface area (TPSA) is 44.2 Å². The van der Waals surface area contributed by atoms with Gasteiger partial charge in [0.15, 0.2) is 0 Å². The summed E-state index contributed by atoms with van der Waals surface area (Å²) in [6, 6.07) is 30.3. The maximum Gasteiger partial charge on any atom is 0.494 e. The number of pyridine rings is 2. The predicted molar refractivity (Wildman–Crippen MR) is 195 cm³/mol. The predicted octanol–water partition coefficient (Wildman–Crippen LogP) is 11.1. The van der Waals surface area contributed by atoms with Gasteiger partial charge in [-0.3, -0.25) is 9.97 Å². The molecule has 0 atom stereocenters. The molecule has 0 unspecified atom stereocenters. The minimum absolute atomic E-state index is 0.315. The van der Waals surface area contributed by atoms with Crippen molar-refractivity contribution in [2.75, 3.05) is 0 Å². The molecule has 6 aromatic rings. The zero-order valence-corrected chi connectivity index (χ0v) is 29.2. The van der Waals surface area contributed by atoms with E-state index >= 15 is 0 Å². The fourth-order valence-corrected chi connectivity index (χ4v) is 6.23. The van der Waals surface area contributed by atoms with Crippen LogP contribution in [-0.4, -0.2) is 28.3 Å². The second-order valence-electron chi connectivity index (χ2n) is 14.1. The molecule has 0 saturated carbocycles. The van der Waals surface area contributed by atoms with Gasteiger partial charge in [0.2, 0.25) is 0 Å². The number of benzene rings is 4. The maximum absolute atomic E-state index is 13.5. The van der Waals surface area contributed by atoms with Crippen molar-refractivity contribution >= 4 is 12.6 Å². The highest BCUT2D eigenvalue weighted by atomic mass is 19.4. The average molecular weight is 723 g/mol. The van der Waals surface area contributed by atoms with Gasteiger partial charge in [-0.2, -0.15) is 26.3 Å². The standard InChI is InChI=1S/C42H33BF6N2O2/c1-39(2)40(3,4)53-43(52-39)38-13-7-12-30(21-38)33-17-31(26-8-5-10-28(14-26)34-19-36(24-50-22-34)41(44,45)46)16-32(18-33)27-9-6-11-29(15-27)35-20-37(25-51-23-35)42(47,48)49/h5-25H,1-4H3. The monoisotopic (exact) mass is 722 g/mol. The van der Waals surface area contributed by atoms with Crippen LogP contribution in [0.25, 0.3) is 55.6 Å². The van der Waals surface area contributed by atoms with Crippen LogP contribution in [0.15, 0.2) is 128 Å². The quantitative estimate of drug-likeness (QED) is 0.127. The first-order chi connectivity index (χ1) is 25.0. The first-order valence-electron chi connectivity index (χ1n) is 16.8. The molecule has 4 nitrogen and oxygen atoms in total. The molecule has 0 N–H and O–H groups in total. The SMILES string of the molecule is CC1(C)OB(c2cccc(-c3cc(-c4cccc(-c5cncc(C(F)(F)F)c5)c4)cc(-c4cccc(-c5cncc(C(F)(F)F)c5)c4)c3)c2)OC1(C)C. The van der Waals surface area contributed by atoms with Crippen LogP contribution >= 0.6 is 0 Å². The number of rotatable bonds is 6. The van der Waals surface area contributed by atoms with Gasteiger partial charge in [-0.1, -0.05) is 60.7 Å².